The van der Waals surface area contributed by atoms with Crippen LogP contribution >= 0.6 is 11.6 Å². The topological polar surface area (TPSA) is 85.9 Å². The van der Waals surface area contributed by atoms with E-state index in [1.54, 1.807) is 18.5 Å². The number of halogens is 2. The molecule has 0 aliphatic carbocycles. The Labute approximate surface area is 220 Å². The first-order chi connectivity index (χ1) is 18.4. The van der Waals surface area contributed by atoms with Crippen LogP contribution in [0, 0.1) is 18.3 Å². The van der Waals surface area contributed by atoms with Crippen molar-refractivity contribution in [2.24, 2.45) is 0 Å². The predicted molar refractivity (Wildman–Crippen MR) is 146 cm³/mol. The van der Waals surface area contributed by atoms with Crippen LogP contribution in [0.25, 0.3) is 10.9 Å². The van der Waals surface area contributed by atoms with Crippen molar-refractivity contribution in [3.63, 3.8) is 0 Å². The summed E-state index contributed by atoms with van der Waals surface area (Å²) in [5.41, 5.74) is 12.8. The number of hydrogen-bond acceptors (Lipinski definition) is 7. The highest BCUT2D eigenvalue weighted by Crippen LogP contribution is 2.37. The Kier molecular flexibility index (Phi) is 6.71. The van der Waals surface area contributed by atoms with Gasteiger partial charge in [0, 0.05) is 29.7 Å². The second-order valence-electron chi connectivity index (χ2n) is 8.38. The first-order valence-electron chi connectivity index (χ1n) is 12.2. The molecule has 186 valence electrons. The van der Waals surface area contributed by atoms with E-state index in [9.17, 15) is 5.76 Å². The van der Waals surface area contributed by atoms with Crippen molar-refractivity contribution in [3.8, 4) is 12.3 Å². The highest BCUT2D eigenvalue weighted by Gasteiger charge is 2.22. The number of hydrogen-bond donors (Lipinski definition) is 5. The number of pyridine rings is 2. The van der Waals surface area contributed by atoms with Crippen molar-refractivity contribution >= 4 is 33.9 Å². The van der Waals surface area contributed by atoms with Gasteiger partial charge in [-0.1, -0.05) is 60.8 Å². The zero-order valence-electron chi connectivity index (χ0n) is 20.9. The molecule has 0 radical (unpaired) electrons. The molecule has 9 heteroatoms. The Balaban J connectivity index is 1.61. The monoisotopic (exact) mass is 514 g/mol. The first-order valence-corrected chi connectivity index (χ1v) is 12.1. The third-order valence-electron chi connectivity index (χ3n) is 6.05. The summed E-state index contributed by atoms with van der Waals surface area (Å²) < 4.78 is 22.9. The average Bonchev–Trinajstić information content (AvgIpc) is 3.48. The minimum atomic E-state index is -1.57. The lowest BCUT2D eigenvalue weighted by Crippen LogP contribution is -2.34. The molecule has 5 N–H and O–H groups in total. The Morgan fingerprint density at radius 1 is 1.11 bits per heavy atom. The van der Waals surface area contributed by atoms with E-state index in [4.69, 9.17) is 18.0 Å². The fraction of sp³-hybridized carbons (Fsp3) is 0.143. The lowest BCUT2D eigenvalue weighted by molar-refractivity contribution is 0.574. The SMILES string of the molecule is [2H][C@](Nc1cc(Cl)c2ncc(C#C)c(N[C@H](CC)c3ccccc3)c2c1)(C1=CNNN1)c1ccc(F)nc1. The normalized spacial score (nSPS) is 15.4. The standard InChI is InChI=1S/C28H25ClFN7/c1-3-17-14-32-28-21(26(17)35-23(4-2)18-8-6-5-7-9-18)12-20(13-22(28)29)34-27(24-16-33-37-36-24)19-10-11-25(30)31-15-19/h1,5-16,23,27,33-34,36-37H,4H2,2H3,(H,32,35)/t23-,27-/m1/s1/i27D. The van der Waals surface area contributed by atoms with Crippen molar-refractivity contribution in [3.05, 3.63) is 107 Å². The lowest BCUT2D eigenvalue weighted by atomic mass is 10.0. The molecule has 0 saturated heterocycles. The molecule has 2 aromatic carbocycles. The second-order valence-corrected chi connectivity index (χ2v) is 8.79. The first kappa shape index (κ1) is 23.1. The van der Waals surface area contributed by atoms with Crippen molar-refractivity contribution in [2.75, 3.05) is 10.6 Å². The lowest BCUT2D eigenvalue weighted by Gasteiger charge is -2.23. The number of rotatable bonds is 8. The molecule has 0 bridgehead atoms. The fourth-order valence-electron chi connectivity index (χ4n) is 4.22. The molecular weight excluding hydrogens is 489 g/mol. The van der Waals surface area contributed by atoms with Gasteiger partial charge in [-0.3, -0.25) is 4.98 Å². The van der Waals surface area contributed by atoms with E-state index in [1.807, 2.05) is 24.3 Å². The van der Waals surface area contributed by atoms with Gasteiger partial charge in [0.15, 0.2) is 0 Å². The van der Waals surface area contributed by atoms with Crippen molar-refractivity contribution < 1.29 is 5.76 Å². The Hall–Kier alpha value is -4.32. The molecular formula is C28H25ClFN7. The van der Waals surface area contributed by atoms with Gasteiger partial charge in [0.1, 0.15) is 0 Å². The van der Waals surface area contributed by atoms with E-state index < -0.39 is 12.0 Å². The molecule has 5 rings (SSSR count). The van der Waals surface area contributed by atoms with Crippen LogP contribution in [0.1, 0.15) is 43.5 Å². The summed E-state index contributed by atoms with van der Waals surface area (Å²) in [5.74, 6) is 2.09. The molecule has 4 aromatic rings. The number of nitrogens with zero attached hydrogens (tertiary/aromatic N) is 2. The molecule has 1 aliphatic heterocycles. The molecule has 1 aliphatic rings. The summed E-state index contributed by atoms with van der Waals surface area (Å²) in [6.07, 6.45) is 11.2. The van der Waals surface area contributed by atoms with E-state index in [0.717, 1.165) is 17.7 Å². The van der Waals surface area contributed by atoms with E-state index in [1.165, 1.54) is 18.3 Å². The van der Waals surface area contributed by atoms with Crippen LogP contribution in [0.4, 0.5) is 15.8 Å². The van der Waals surface area contributed by atoms with Gasteiger partial charge in [-0.2, -0.15) is 9.93 Å². The summed E-state index contributed by atoms with van der Waals surface area (Å²) >= 11 is 6.71. The number of anilines is 2. The Morgan fingerprint density at radius 3 is 2.62 bits per heavy atom. The number of nitrogens with one attached hydrogen (secondary N) is 5. The Morgan fingerprint density at radius 2 is 1.95 bits per heavy atom. The summed E-state index contributed by atoms with van der Waals surface area (Å²) in [4.78, 5) is 8.26. The third kappa shape index (κ3) is 5.14. The van der Waals surface area contributed by atoms with Crippen LogP contribution in [-0.4, -0.2) is 9.97 Å². The van der Waals surface area contributed by atoms with Gasteiger partial charge in [-0.25, -0.2) is 4.98 Å². The number of hydrazine groups is 2. The molecule has 3 heterocycles. The number of terminal acetylenes is 1. The summed E-state index contributed by atoms with van der Waals surface area (Å²) in [5, 5.41) is 7.92. The number of aromatic nitrogens is 2. The van der Waals surface area contributed by atoms with Crippen LogP contribution in [0.15, 0.2) is 78.9 Å². The van der Waals surface area contributed by atoms with E-state index >= 15 is 0 Å². The van der Waals surface area contributed by atoms with Gasteiger partial charge in [0.05, 0.1) is 40.9 Å². The van der Waals surface area contributed by atoms with Crippen molar-refractivity contribution in [1.82, 2.24) is 26.4 Å². The quantitative estimate of drug-likeness (QED) is 0.155. The maximum absolute atomic E-state index is 13.6. The Bertz CT molecular complexity index is 1540. The van der Waals surface area contributed by atoms with Crippen molar-refractivity contribution in [2.45, 2.75) is 25.4 Å². The van der Waals surface area contributed by atoms with Crippen LogP contribution in [0.5, 0.6) is 0 Å². The van der Waals surface area contributed by atoms with Gasteiger partial charge in [0.2, 0.25) is 5.95 Å². The molecule has 0 saturated carbocycles. The van der Waals surface area contributed by atoms with E-state index in [0.29, 0.717) is 38.4 Å². The van der Waals surface area contributed by atoms with Gasteiger partial charge >= 0.3 is 0 Å². The average molecular weight is 515 g/mol. The maximum atomic E-state index is 13.6. The predicted octanol–water partition coefficient (Wildman–Crippen LogP) is 5.57. The maximum Gasteiger partial charge on any atom is 0.212 e. The minimum absolute atomic E-state index is 0.00478. The molecule has 0 spiro atoms. The third-order valence-corrected chi connectivity index (χ3v) is 6.34. The van der Waals surface area contributed by atoms with Crippen LogP contribution in [0.3, 0.4) is 0 Å². The number of fused-ring (bicyclic) bond motifs is 1. The summed E-state index contributed by atoms with van der Waals surface area (Å²) in [6.45, 7) is 2.10. The molecule has 2 aromatic heterocycles. The van der Waals surface area contributed by atoms with Gasteiger partial charge in [-0.05, 0) is 35.7 Å². The molecule has 0 fully saturated rings. The summed E-state index contributed by atoms with van der Waals surface area (Å²) in [7, 11) is 0. The fourth-order valence-corrected chi connectivity index (χ4v) is 4.49. The van der Waals surface area contributed by atoms with Gasteiger partial charge < -0.3 is 21.5 Å². The highest BCUT2D eigenvalue weighted by atomic mass is 35.5. The summed E-state index contributed by atoms with van der Waals surface area (Å²) in [6, 6.07) is 14.8. The highest BCUT2D eigenvalue weighted by molar-refractivity contribution is 6.35. The molecule has 37 heavy (non-hydrogen) atoms. The molecule has 2 atom stereocenters. The molecule has 0 unspecified atom stereocenters. The molecule has 0 amide bonds. The molecule has 7 nitrogen and oxygen atoms in total. The number of benzene rings is 2. The zero-order valence-corrected chi connectivity index (χ0v) is 20.7. The van der Waals surface area contributed by atoms with Crippen LogP contribution < -0.4 is 27.0 Å². The largest absolute Gasteiger partial charge is 0.377 e. The smallest absolute Gasteiger partial charge is 0.212 e. The van der Waals surface area contributed by atoms with E-state index in [-0.39, 0.29) is 6.04 Å². The van der Waals surface area contributed by atoms with Crippen LogP contribution in [0.2, 0.25) is 5.02 Å². The van der Waals surface area contributed by atoms with Gasteiger partial charge in [-0.15, -0.1) is 6.42 Å². The second kappa shape index (κ2) is 10.7. The minimum Gasteiger partial charge on any atom is -0.377 e. The zero-order chi connectivity index (χ0) is 26.7. The van der Waals surface area contributed by atoms with E-state index in [2.05, 4.69) is 62.0 Å². The van der Waals surface area contributed by atoms with Crippen LogP contribution in [-0.2, 0) is 0 Å². The van der Waals surface area contributed by atoms with Gasteiger partial charge in [0.25, 0.3) is 0 Å². The van der Waals surface area contributed by atoms with Crippen molar-refractivity contribution in [1.29, 1.82) is 0 Å².